The van der Waals surface area contributed by atoms with Gasteiger partial charge in [-0.2, -0.15) is 0 Å². The predicted molar refractivity (Wildman–Crippen MR) is 121 cm³/mol. The molecule has 1 saturated heterocycles. The fourth-order valence-corrected chi connectivity index (χ4v) is 3.82. The normalized spacial score (nSPS) is 14.0. The van der Waals surface area contributed by atoms with E-state index in [0.717, 1.165) is 11.3 Å². The lowest BCUT2D eigenvalue weighted by molar-refractivity contribution is -0.131. The second-order valence-corrected chi connectivity index (χ2v) is 8.16. The number of aromatic nitrogens is 3. The lowest BCUT2D eigenvalue weighted by Gasteiger charge is -2.36. The van der Waals surface area contributed by atoms with Gasteiger partial charge in [-0.1, -0.05) is 23.7 Å². The van der Waals surface area contributed by atoms with Gasteiger partial charge in [-0.05, 0) is 42.8 Å². The number of aromatic amines is 1. The molecule has 0 saturated carbocycles. The van der Waals surface area contributed by atoms with E-state index >= 15 is 0 Å². The molecule has 2 heterocycles. The second-order valence-electron chi connectivity index (χ2n) is 7.76. The number of anilines is 1. The van der Waals surface area contributed by atoms with Crippen molar-refractivity contribution < 1.29 is 9.18 Å². The van der Waals surface area contributed by atoms with Gasteiger partial charge in [0.25, 0.3) is 5.56 Å². The van der Waals surface area contributed by atoms with Crippen LogP contribution in [0.25, 0.3) is 11.4 Å². The molecule has 3 aromatic rings. The maximum atomic E-state index is 13.1. The SMILES string of the molecule is Cc1ccc(-c2nnc(CCC(=O)N3CCN(c4ccc(F)cc4)CC3)c(=O)[nH]2)cc1Cl. The Morgan fingerprint density at radius 2 is 1.81 bits per heavy atom. The van der Waals surface area contributed by atoms with Crippen LogP contribution >= 0.6 is 11.6 Å². The molecule has 7 nitrogen and oxygen atoms in total. The third kappa shape index (κ3) is 4.96. The van der Waals surface area contributed by atoms with E-state index in [9.17, 15) is 14.0 Å². The molecule has 166 valence electrons. The van der Waals surface area contributed by atoms with E-state index < -0.39 is 0 Å². The number of nitrogens with zero attached hydrogens (tertiary/aromatic N) is 4. The Balaban J connectivity index is 1.32. The van der Waals surface area contributed by atoms with Crippen molar-refractivity contribution in [3.05, 3.63) is 74.9 Å². The molecule has 0 aliphatic carbocycles. The van der Waals surface area contributed by atoms with Crippen molar-refractivity contribution in [3.63, 3.8) is 0 Å². The van der Waals surface area contributed by atoms with Crippen LogP contribution < -0.4 is 10.5 Å². The van der Waals surface area contributed by atoms with Crippen LogP contribution in [0.1, 0.15) is 17.7 Å². The molecule has 4 rings (SSSR count). The molecular formula is C23H23ClFN5O2. The summed E-state index contributed by atoms with van der Waals surface area (Å²) in [5.74, 6) is 0.0413. The van der Waals surface area contributed by atoms with Crippen LogP contribution in [-0.4, -0.2) is 52.2 Å². The molecule has 1 aliphatic heterocycles. The summed E-state index contributed by atoms with van der Waals surface area (Å²) < 4.78 is 13.1. The summed E-state index contributed by atoms with van der Waals surface area (Å²) in [5.41, 5.74) is 2.41. The highest BCUT2D eigenvalue weighted by molar-refractivity contribution is 6.31. The van der Waals surface area contributed by atoms with Crippen LogP contribution in [-0.2, 0) is 11.2 Å². The van der Waals surface area contributed by atoms with Gasteiger partial charge in [0.05, 0.1) is 0 Å². The van der Waals surface area contributed by atoms with Crippen LogP contribution in [0.15, 0.2) is 47.3 Å². The van der Waals surface area contributed by atoms with E-state index in [-0.39, 0.29) is 35.8 Å². The summed E-state index contributed by atoms with van der Waals surface area (Å²) in [7, 11) is 0. The smallest absolute Gasteiger partial charge is 0.273 e. The van der Waals surface area contributed by atoms with E-state index in [2.05, 4.69) is 20.1 Å². The van der Waals surface area contributed by atoms with Crippen molar-refractivity contribution in [1.82, 2.24) is 20.1 Å². The monoisotopic (exact) mass is 455 g/mol. The maximum Gasteiger partial charge on any atom is 0.273 e. The molecule has 1 amide bonds. The summed E-state index contributed by atoms with van der Waals surface area (Å²) in [6.45, 7) is 4.39. The summed E-state index contributed by atoms with van der Waals surface area (Å²) in [6.07, 6.45) is 0.401. The standard InChI is InChI=1S/C23H23ClFN5O2/c1-15-2-3-16(14-19(15)24)22-26-23(32)20(27-28-22)8-9-21(31)30-12-10-29(11-13-30)18-6-4-17(25)5-7-18/h2-7,14H,8-13H2,1H3,(H,26,28,32). The third-order valence-corrected chi connectivity index (χ3v) is 6.02. The minimum atomic E-state index is -0.361. The molecule has 0 atom stereocenters. The number of hydrogen-bond donors (Lipinski definition) is 1. The predicted octanol–water partition coefficient (Wildman–Crippen LogP) is 3.21. The van der Waals surface area contributed by atoms with Crippen molar-refractivity contribution in [2.45, 2.75) is 19.8 Å². The number of nitrogens with one attached hydrogen (secondary N) is 1. The first kappa shape index (κ1) is 22.0. The number of piperazine rings is 1. The van der Waals surface area contributed by atoms with E-state index in [4.69, 9.17) is 11.6 Å². The number of benzene rings is 2. The Labute approximate surface area is 189 Å². The van der Waals surface area contributed by atoms with Crippen molar-refractivity contribution in [2.24, 2.45) is 0 Å². The molecule has 1 fully saturated rings. The van der Waals surface area contributed by atoms with Crippen LogP contribution in [0.3, 0.4) is 0 Å². The fourth-order valence-electron chi connectivity index (χ4n) is 3.64. The Morgan fingerprint density at radius 1 is 1.09 bits per heavy atom. The molecule has 0 spiro atoms. The van der Waals surface area contributed by atoms with Gasteiger partial charge in [0, 0.05) is 55.3 Å². The molecule has 0 radical (unpaired) electrons. The zero-order valence-corrected chi connectivity index (χ0v) is 18.4. The molecule has 32 heavy (non-hydrogen) atoms. The summed E-state index contributed by atoms with van der Waals surface area (Å²) >= 11 is 6.14. The second kappa shape index (κ2) is 9.48. The van der Waals surface area contributed by atoms with Crippen LogP contribution in [0.2, 0.25) is 5.02 Å². The molecule has 2 aromatic carbocycles. The van der Waals surface area contributed by atoms with Crippen LogP contribution in [0.5, 0.6) is 0 Å². The Hall–Kier alpha value is -3.26. The van der Waals surface area contributed by atoms with Crippen molar-refractivity contribution in [3.8, 4) is 11.4 Å². The average Bonchev–Trinajstić information content (AvgIpc) is 2.80. The molecule has 1 N–H and O–H groups in total. The van der Waals surface area contributed by atoms with E-state index in [0.29, 0.717) is 42.6 Å². The largest absolute Gasteiger partial charge is 0.368 e. The number of rotatable bonds is 5. The molecule has 0 bridgehead atoms. The van der Waals surface area contributed by atoms with E-state index in [1.807, 2.05) is 19.1 Å². The highest BCUT2D eigenvalue weighted by Gasteiger charge is 2.21. The first-order valence-electron chi connectivity index (χ1n) is 10.4. The first-order valence-corrected chi connectivity index (χ1v) is 10.8. The van der Waals surface area contributed by atoms with Gasteiger partial charge in [-0.3, -0.25) is 9.59 Å². The zero-order chi connectivity index (χ0) is 22.7. The van der Waals surface area contributed by atoms with Crippen molar-refractivity contribution in [2.75, 3.05) is 31.1 Å². The van der Waals surface area contributed by atoms with Gasteiger partial charge in [-0.15, -0.1) is 10.2 Å². The average molecular weight is 456 g/mol. The lowest BCUT2D eigenvalue weighted by atomic mass is 10.1. The highest BCUT2D eigenvalue weighted by atomic mass is 35.5. The Morgan fingerprint density at radius 3 is 2.47 bits per heavy atom. The highest BCUT2D eigenvalue weighted by Crippen LogP contribution is 2.22. The van der Waals surface area contributed by atoms with Gasteiger partial charge in [-0.25, -0.2) is 4.39 Å². The minimum Gasteiger partial charge on any atom is -0.368 e. The van der Waals surface area contributed by atoms with Gasteiger partial charge in [0.2, 0.25) is 5.91 Å². The quantitative estimate of drug-likeness (QED) is 0.638. The summed E-state index contributed by atoms with van der Waals surface area (Å²) in [4.78, 5) is 31.7. The number of aryl methyl sites for hydroxylation is 2. The maximum absolute atomic E-state index is 13.1. The Kier molecular flexibility index (Phi) is 6.50. The van der Waals surface area contributed by atoms with Crippen LogP contribution in [0.4, 0.5) is 10.1 Å². The minimum absolute atomic E-state index is 0.0284. The molecular weight excluding hydrogens is 433 g/mol. The Bertz CT molecular complexity index is 1170. The summed E-state index contributed by atoms with van der Waals surface area (Å²) in [6, 6.07) is 11.7. The first-order chi connectivity index (χ1) is 15.4. The number of H-pyrrole nitrogens is 1. The van der Waals surface area contributed by atoms with E-state index in [1.54, 1.807) is 23.1 Å². The number of carbonyl (C=O) groups is 1. The van der Waals surface area contributed by atoms with E-state index in [1.165, 1.54) is 12.1 Å². The number of amides is 1. The molecule has 1 aromatic heterocycles. The van der Waals surface area contributed by atoms with Crippen LogP contribution in [0, 0.1) is 12.7 Å². The molecule has 9 heteroatoms. The topological polar surface area (TPSA) is 82.2 Å². The lowest BCUT2D eigenvalue weighted by Crippen LogP contribution is -2.48. The van der Waals surface area contributed by atoms with Gasteiger partial charge in [0.15, 0.2) is 5.82 Å². The molecule has 1 aliphatic rings. The van der Waals surface area contributed by atoms with Gasteiger partial charge in [0.1, 0.15) is 11.5 Å². The zero-order valence-electron chi connectivity index (χ0n) is 17.6. The number of hydrogen-bond acceptors (Lipinski definition) is 5. The number of carbonyl (C=O) groups excluding carboxylic acids is 1. The molecule has 0 unspecified atom stereocenters. The van der Waals surface area contributed by atoms with Crippen molar-refractivity contribution >= 4 is 23.2 Å². The van der Waals surface area contributed by atoms with Crippen molar-refractivity contribution in [1.29, 1.82) is 0 Å². The fraction of sp³-hybridized carbons (Fsp3) is 0.304. The van der Waals surface area contributed by atoms with Gasteiger partial charge < -0.3 is 14.8 Å². The number of halogens is 2. The van der Waals surface area contributed by atoms with Gasteiger partial charge >= 0.3 is 0 Å². The summed E-state index contributed by atoms with van der Waals surface area (Å²) in [5, 5.41) is 8.72. The third-order valence-electron chi connectivity index (χ3n) is 5.61.